The predicted octanol–water partition coefficient (Wildman–Crippen LogP) is 4.14. The molecule has 0 heterocycles. The summed E-state index contributed by atoms with van der Waals surface area (Å²) in [6.07, 6.45) is 5.02. The van der Waals surface area contributed by atoms with Gasteiger partial charge in [-0.2, -0.15) is 0 Å². The summed E-state index contributed by atoms with van der Waals surface area (Å²) in [5, 5.41) is 3.84. The van der Waals surface area contributed by atoms with Crippen LogP contribution in [0, 0.1) is 11.3 Å². The standard InChI is InChI=1S/C19H29NO/c1-5-11-20-18-15-10-8-13-7-9-14(21-4)12-16(13)17(15)19(18,3)6-2/h7,9,12,15,17-18,20H,5-6,8,10-11H2,1-4H3. The summed E-state index contributed by atoms with van der Waals surface area (Å²) < 4.78 is 5.47. The van der Waals surface area contributed by atoms with Crippen molar-refractivity contribution in [3.8, 4) is 5.75 Å². The number of hydrogen-bond acceptors (Lipinski definition) is 2. The summed E-state index contributed by atoms with van der Waals surface area (Å²) in [6, 6.07) is 7.39. The summed E-state index contributed by atoms with van der Waals surface area (Å²) in [4.78, 5) is 0. The highest BCUT2D eigenvalue weighted by atomic mass is 16.5. The van der Waals surface area contributed by atoms with Crippen LogP contribution in [0.3, 0.4) is 0 Å². The highest BCUT2D eigenvalue weighted by molar-refractivity contribution is 5.44. The van der Waals surface area contributed by atoms with Crippen molar-refractivity contribution in [2.24, 2.45) is 11.3 Å². The molecule has 0 aromatic heterocycles. The monoisotopic (exact) mass is 287 g/mol. The Balaban J connectivity index is 1.93. The third-order valence-corrected chi connectivity index (χ3v) is 6.09. The van der Waals surface area contributed by atoms with Gasteiger partial charge in [-0.05, 0) is 72.7 Å². The first-order valence-electron chi connectivity index (χ1n) is 8.55. The Morgan fingerprint density at radius 3 is 2.81 bits per heavy atom. The molecule has 2 aliphatic carbocycles. The first-order valence-corrected chi connectivity index (χ1v) is 8.55. The van der Waals surface area contributed by atoms with Gasteiger partial charge in [0, 0.05) is 6.04 Å². The van der Waals surface area contributed by atoms with E-state index >= 15 is 0 Å². The zero-order chi connectivity index (χ0) is 15.0. The van der Waals surface area contributed by atoms with Crippen LogP contribution in [0.5, 0.6) is 5.75 Å². The van der Waals surface area contributed by atoms with Crippen molar-refractivity contribution < 1.29 is 4.74 Å². The number of ether oxygens (including phenoxy) is 1. The first-order chi connectivity index (χ1) is 10.2. The zero-order valence-corrected chi connectivity index (χ0v) is 13.9. The topological polar surface area (TPSA) is 21.3 Å². The highest BCUT2D eigenvalue weighted by Crippen LogP contribution is 2.62. The lowest BCUT2D eigenvalue weighted by atomic mass is 9.45. The van der Waals surface area contributed by atoms with Crippen LogP contribution in [0.2, 0.25) is 0 Å². The molecule has 2 nitrogen and oxygen atoms in total. The Labute approximate surface area is 129 Å². The second-order valence-corrected chi connectivity index (χ2v) is 7.04. The molecule has 21 heavy (non-hydrogen) atoms. The molecule has 1 N–H and O–H groups in total. The van der Waals surface area contributed by atoms with E-state index in [-0.39, 0.29) is 0 Å². The van der Waals surface area contributed by atoms with Crippen molar-refractivity contribution in [3.05, 3.63) is 29.3 Å². The van der Waals surface area contributed by atoms with Gasteiger partial charge in [-0.15, -0.1) is 0 Å². The van der Waals surface area contributed by atoms with Gasteiger partial charge >= 0.3 is 0 Å². The van der Waals surface area contributed by atoms with E-state index in [1.807, 2.05) is 0 Å². The van der Waals surface area contributed by atoms with Gasteiger partial charge in [-0.25, -0.2) is 0 Å². The van der Waals surface area contributed by atoms with Gasteiger partial charge in [-0.1, -0.05) is 26.8 Å². The van der Waals surface area contributed by atoms with Crippen LogP contribution in [-0.4, -0.2) is 19.7 Å². The van der Waals surface area contributed by atoms with E-state index < -0.39 is 0 Å². The van der Waals surface area contributed by atoms with Crippen LogP contribution in [0.25, 0.3) is 0 Å². The third-order valence-electron chi connectivity index (χ3n) is 6.09. The number of hydrogen-bond donors (Lipinski definition) is 1. The fourth-order valence-electron chi connectivity index (χ4n) is 4.83. The lowest BCUT2D eigenvalue weighted by Crippen LogP contribution is -2.64. The molecule has 4 atom stereocenters. The number of aryl methyl sites for hydroxylation is 1. The molecular formula is C19H29NO. The minimum Gasteiger partial charge on any atom is -0.497 e. The molecule has 1 saturated carbocycles. The molecule has 2 heteroatoms. The number of methoxy groups -OCH3 is 1. The molecule has 0 saturated heterocycles. The first kappa shape index (κ1) is 14.9. The van der Waals surface area contributed by atoms with Gasteiger partial charge in [-0.3, -0.25) is 0 Å². The summed E-state index contributed by atoms with van der Waals surface area (Å²) in [6.45, 7) is 8.24. The average molecular weight is 287 g/mol. The molecule has 0 spiro atoms. The average Bonchev–Trinajstić information content (AvgIpc) is 2.52. The number of fused-ring (bicyclic) bond motifs is 3. The van der Waals surface area contributed by atoms with Crippen molar-refractivity contribution in [2.75, 3.05) is 13.7 Å². The zero-order valence-electron chi connectivity index (χ0n) is 13.9. The molecule has 4 unspecified atom stereocenters. The largest absolute Gasteiger partial charge is 0.497 e. The maximum Gasteiger partial charge on any atom is 0.119 e. The van der Waals surface area contributed by atoms with E-state index in [1.165, 1.54) is 25.7 Å². The van der Waals surface area contributed by atoms with Gasteiger partial charge < -0.3 is 10.1 Å². The molecule has 1 aromatic carbocycles. The Hall–Kier alpha value is -1.02. The van der Waals surface area contributed by atoms with E-state index in [0.29, 0.717) is 17.4 Å². The van der Waals surface area contributed by atoms with Gasteiger partial charge in [0.25, 0.3) is 0 Å². The minimum absolute atomic E-state index is 0.390. The van der Waals surface area contributed by atoms with Crippen molar-refractivity contribution in [1.82, 2.24) is 5.32 Å². The van der Waals surface area contributed by atoms with Gasteiger partial charge in [0.05, 0.1) is 7.11 Å². The summed E-state index contributed by atoms with van der Waals surface area (Å²) in [5.41, 5.74) is 3.50. The lowest BCUT2D eigenvalue weighted by molar-refractivity contribution is -0.0398. The smallest absolute Gasteiger partial charge is 0.119 e. The summed E-state index contributed by atoms with van der Waals surface area (Å²) in [5.74, 6) is 2.52. The van der Waals surface area contributed by atoms with Crippen LogP contribution < -0.4 is 10.1 Å². The Morgan fingerprint density at radius 1 is 1.33 bits per heavy atom. The predicted molar refractivity (Wildman–Crippen MR) is 88.0 cm³/mol. The fraction of sp³-hybridized carbons (Fsp3) is 0.684. The van der Waals surface area contributed by atoms with Gasteiger partial charge in [0.15, 0.2) is 0 Å². The van der Waals surface area contributed by atoms with Crippen LogP contribution in [0.1, 0.15) is 57.1 Å². The SMILES string of the molecule is CCCNC1C2CCc3ccc(OC)cc3C2C1(C)CC. The molecule has 0 radical (unpaired) electrons. The third kappa shape index (κ3) is 2.19. The highest BCUT2D eigenvalue weighted by Gasteiger charge is 2.59. The second-order valence-electron chi connectivity index (χ2n) is 7.04. The maximum absolute atomic E-state index is 5.47. The molecule has 1 fully saturated rings. The van der Waals surface area contributed by atoms with Crippen molar-refractivity contribution in [1.29, 1.82) is 0 Å². The molecule has 0 amide bonds. The van der Waals surface area contributed by atoms with Gasteiger partial charge in [0.1, 0.15) is 5.75 Å². The number of nitrogens with one attached hydrogen (secondary N) is 1. The number of rotatable bonds is 5. The van der Waals surface area contributed by atoms with Crippen molar-refractivity contribution >= 4 is 0 Å². The lowest BCUT2D eigenvalue weighted by Gasteiger charge is -2.63. The van der Waals surface area contributed by atoms with Gasteiger partial charge in [0.2, 0.25) is 0 Å². The van der Waals surface area contributed by atoms with Crippen LogP contribution in [0.4, 0.5) is 0 Å². The second kappa shape index (κ2) is 5.64. The molecule has 3 rings (SSSR count). The molecule has 0 bridgehead atoms. The fourth-order valence-corrected chi connectivity index (χ4v) is 4.83. The van der Waals surface area contributed by atoms with E-state index in [4.69, 9.17) is 4.74 Å². The van der Waals surface area contributed by atoms with E-state index in [2.05, 4.69) is 44.3 Å². The van der Waals surface area contributed by atoms with Crippen molar-refractivity contribution in [3.63, 3.8) is 0 Å². The maximum atomic E-state index is 5.47. The molecule has 2 aliphatic rings. The minimum atomic E-state index is 0.390. The Bertz CT molecular complexity index is 512. The quantitative estimate of drug-likeness (QED) is 0.879. The molecular weight excluding hydrogens is 258 g/mol. The Kier molecular flexibility index (Phi) is 4.00. The van der Waals surface area contributed by atoms with E-state index in [1.54, 1.807) is 18.2 Å². The van der Waals surface area contributed by atoms with Crippen molar-refractivity contribution in [2.45, 2.75) is 58.4 Å². The molecule has 1 aromatic rings. The van der Waals surface area contributed by atoms with Crippen LogP contribution in [0.15, 0.2) is 18.2 Å². The summed E-state index contributed by atoms with van der Waals surface area (Å²) >= 11 is 0. The van der Waals surface area contributed by atoms with Crippen LogP contribution >= 0.6 is 0 Å². The summed E-state index contributed by atoms with van der Waals surface area (Å²) in [7, 11) is 1.77. The van der Waals surface area contributed by atoms with Crippen LogP contribution in [-0.2, 0) is 6.42 Å². The number of benzene rings is 1. The van der Waals surface area contributed by atoms with E-state index in [9.17, 15) is 0 Å². The van der Waals surface area contributed by atoms with E-state index in [0.717, 1.165) is 18.2 Å². The molecule has 0 aliphatic heterocycles. The Morgan fingerprint density at radius 2 is 2.14 bits per heavy atom. The normalized spacial score (nSPS) is 33.8. The molecule has 116 valence electrons.